The van der Waals surface area contributed by atoms with Crippen LogP contribution in [0, 0.1) is 0 Å². The molecule has 1 amide bonds. The van der Waals surface area contributed by atoms with Gasteiger partial charge >= 0.3 is 18.3 Å². The third kappa shape index (κ3) is 4.37. The summed E-state index contributed by atoms with van der Waals surface area (Å²) in [5, 5.41) is 1.59. The summed E-state index contributed by atoms with van der Waals surface area (Å²) < 4.78 is 73.3. The molecule has 1 aromatic carbocycles. The van der Waals surface area contributed by atoms with Crippen molar-refractivity contribution >= 4 is 27.3 Å². The SMILES string of the molecule is CS(=O)(=O)Nc1cccc(NC(=O)C(F)(F)C(F)F)c1. The first-order chi connectivity index (χ1) is 9.02. The lowest BCUT2D eigenvalue weighted by Crippen LogP contribution is -2.40. The van der Waals surface area contributed by atoms with Crippen molar-refractivity contribution in [2.75, 3.05) is 16.3 Å². The van der Waals surface area contributed by atoms with Crippen LogP contribution < -0.4 is 10.0 Å². The Morgan fingerprint density at radius 2 is 1.80 bits per heavy atom. The number of carbonyl (C=O) groups is 1. The highest BCUT2D eigenvalue weighted by Crippen LogP contribution is 2.25. The lowest BCUT2D eigenvalue weighted by molar-refractivity contribution is -0.163. The second kappa shape index (κ2) is 5.65. The number of sulfonamides is 1. The van der Waals surface area contributed by atoms with Crippen molar-refractivity contribution in [3.63, 3.8) is 0 Å². The number of benzene rings is 1. The Morgan fingerprint density at radius 3 is 2.30 bits per heavy atom. The molecule has 5 nitrogen and oxygen atoms in total. The number of anilines is 2. The van der Waals surface area contributed by atoms with Gasteiger partial charge in [0.25, 0.3) is 0 Å². The fourth-order valence-electron chi connectivity index (χ4n) is 1.19. The topological polar surface area (TPSA) is 75.3 Å². The average molecular weight is 314 g/mol. The van der Waals surface area contributed by atoms with Crippen LogP contribution in [0.5, 0.6) is 0 Å². The van der Waals surface area contributed by atoms with Crippen molar-refractivity contribution in [1.29, 1.82) is 0 Å². The first-order valence-corrected chi connectivity index (χ1v) is 6.97. The minimum atomic E-state index is -4.83. The number of halogens is 4. The van der Waals surface area contributed by atoms with Crippen LogP contribution in [-0.4, -0.2) is 32.9 Å². The van der Waals surface area contributed by atoms with E-state index in [0.717, 1.165) is 18.4 Å². The summed E-state index contributed by atoms with van der Waals surface area (Å²) in [4.78, 5) is 11.0. The van der Waals surface area contributed by atoms with E-state index in [1.807, 2.05) is 4.72 Å². The van der Waals surface area contributed by atoms with E-state index >= 15 is 0 Å². The number of nitrogens with one attached hydrogen (secondary N) is 2. The Kier molecular flexibility index (Phi) is 4.58. The lowest BCUT2D eigenvalue weighted by atomic mass is 10.2. The van der Waals surface area contributed by atoms with Gasteiger partial charge in [-0.05, 0) is 18.2 Å². The van der Waals surface area contributed by atoms with Gasteiger partial charge in [0.05, 0.1) is 11.9 Å². The van der Waals surface area contributed by atoms with Crippen LogP contribution in [-0.2, 0) is 14.8 Å². The zero-order chi connectivity index (χ0) is 15.6. The summed E-state index contributed by atoms with van der Waals surface area (Å²) in [6.07, 6.45) is -3.27. The molecule has 1 aromatic rings. The molecule has 0 saturated heterocycles. The summed E-state index contributed by atoms with van der Waals surface area (Å²) in [6.45, 7) is 0. The monoisotopic (exact) mass is 314 g/mol. The molecule has 0 aliphatic heterocycles. The lowest BCUT2D eigenvalue weighted by Gasteiger charge is -2.15. The Hall–Kier alpha value is -1.84. The number of alkyl halides is 4. The van der Waals surface area contributed by atoms with E-state index in [1.54, 1.807) is 5.32 Å². The van der Waals surface area contributed by atoms with E-state index in [1.165, 1.54) is 12.1 Å². The number of carbonyl (C=O) groups excluding carboxylic acids is 1. The molecule has 112 valence electrons. The highest BCUT2D eigenvalue weighted by Gasteiger charge is 2.48. The maximum absolute atomic E-state index is 12.7. The number of amides is 1. The van der Waals surface area contributed by atoms with E-state index in [4.69, 9.17) is 0 Å². The molecule has 0 heterocycles. The molecule has 0 aliphatic carbocycles. The van der Waals surface area contributed by atoms with Gasteiger partial charge in [-0.3, -0.25) is 9.52 Å². The fourth-order valence-corrected chi connectivity index (χ4v) is 1.74. The molecule has 0 aliphatic rings. The van der Waals surface area contributed by atoms with Gasteiger partial charge in [-0.15, -0.1) is 0 Å². The molecular formula is C10H10F4N2O3S. The third-order valence-corrected chi connectivity index (χ3v) is 2.61. The quantitative estimate of drug-likeness (QED) is 0.815. The van der Waals surface area contributed by atoms with Gasteiger partial charge in [0.15, 0.2) is 0 Å². The maximum atomic E-state index is 12.7. The van der Waals surface area contributed by atoms with Crippen molar-refractivity contribution in [2.24, 2.45) is 0 Å². The predicted octanol–water partition coefficient (Wildman–Crippen LogP) is 1.90. The second-order valence-corrected chi connectivity index (χ2v) is 5.58. The number of hydrogen-bond acceptors (Lipinski definition) is 3. The summed E-state index contributed by atoms with van der Waals surface area (Å²) in [6, 6.07) is 4.71. The van der Waals surface area contributed by atoms with Crippen LogP contribution in [0.25, 0.3) is 0 Å². The molecule has 0 unspecified atom stereocenters. The van der Waals surface area contributed by atoms with Crippen LogP contribution in [0.1, 0.15) is 0 Å². The molecule has 0 bridgehead atoms. The van der Waals surface area contributed by atoms with Gasteiger partial charge in [-0.25, -0.2) is 17.2 Å². The van der Waals surface area contributed by atoms with Crippen molar-refractivity contribution in [1.82, 2.24) is 0 Å². The van der Waals surface area contributed by atoms with Crippen LogP contribution in [0.3, 0.4) is 0 Å². The van der Waals surface area contributed by atoms with Crippen LogP contribution >= 0.6 is 0 Å². The van der Waals surface area contributed by atoms with Gasteiger partial charge < -0.3 is 5.32 Å². The molecule has 0 radical (unpaired) electrons. The highest BCUT2D eigenvalue weighted by atomic mass is 32.2. The summed E-state index contributed by atoms with van der Waals surface area (Å²) >= 11 is 0. The molecule has 0 fully saturated rings. The van der Waals surface area contributed by atoms with Gasteiger partial charge in [0, 0.05) is 5.69 Å². The fraction of sp³-hybridized carbons (Fsp3) is 0.300. The summed E-state index contributed by atoms with van der Waals surface area (Å²) in [5.41, 5.74) is -0.255. The second-order valence-electron chi connectivity index (χ2n) is 3.83. The Bertz CT molecular complexity index is 604. The molecule has 0 spiro atoms. The first kappa shape index (κ1) is 16.2. The molecule has 0 saturated carbocycles. The molecule has 20 heavy (non-hydrogen) atoms. The average Bonchev–Trinajstić information content (AvgIpc) is 2.26. The zero-order valence-corrected chi connectivity index (χ0v) is 10.8. The predicted molar refractivity (Wildman–Crippen MR) is 64.5 cm³/mol. The standard InChI is InChI=1S/C10H10F4N2O3S/c1-20(18,19)16-7-4-2-3-6(5-7)15-9(17)10(13,14)8(11)12/h2-5,8,16H,1H3,(H,15,17). The molecule has 1 rings (SSSR count). The molecule has 0 atom stereocenters. The minimum Gasteiger partial charge on any atom is -0.321 e. The van der Waals surface area contributed by atoms with E-state index < -0.39 is 28.3 Å². The smallest absolute Gasteiger partial charge is 0.321 e. The van der Waals surface area contributed by atoms with Gasteiger partial charge in [0.1, 0.15) is 0 Å². The van der Waals surface area contributed by atoms with E-state index in [0.29, 0.717) is 0 Å². The summed E-state index contributed by atoms with van der Waals surface area (Å²) in [5.74, 6) is -7.01. The number of rotatable bonds is 5. The third-order valence-electron chi connectivity index (χ3n) is 2.00. The molecule has 2 N–H and O–H groups in total. The van der Waals surface area contributed by atoms with E-state index in [-0.39, 0.29) is 11.4 Å². The van der Waals surface area contributed by atoms with Crippen molar-refractivity contribution in [3.05, 3.63) is 24.3 Å². The highest BCUT2D eigenvalue weighted by molar-refractivity contribution is 7.92. The maximum Gasteiger partial charge on any atom is 0.383 e. The van der Waals surface area contributed by atoms with Crippen LogP contribution in [0.15, 0.2) is 24.3 Å². The van der Waals surface area contributed by atoms with E-state index in [9.17, 15) is 30.8 Å². The Morgan fingerprint density at radius 1 is 1.25 bits per heavy atom. The van der Waals surface area contributed by atoms with Crippen molar-refractivity contribution in [3.8, 4) is 0 Å². The van der Waals surface area contributed by atoms with E-state index in [2.05, 4.69) is 0 Å². The molecule has 0 aromatic heterocycles. The van der Waals surface area contributed by atoms with Crippen LogP contribution in [0.2, 0.25) is 0 Å². The largest absolute Gasteiger partial charge is 0.383 e. The Balaban J connectivity index is 2.89. The van der Waals surface area contributed by atoms with Crippen LogP contribution in [0.4, 0.5) is 28.9 Å². The Labute approximate surface area is 112 Å². The molecular weight excluding hydrogens is 304 g/mol. The zero-order valence-electron chi connectivity index (χ0n) is 10.0. The van der Waals surface area contributed by atoms with Crippen molar-refractivity contribution < 1.29 is 30.8 Å². The van der Waals surface area contributed by atoms with Crippen molar-refractivity contribution in [2.45, 2.75) is 12.3 Å². The number of hydrogen-bond donors (Lipinski definition) is 2. The first-order valence-electron chi connectivity index (χ1n) is 5.07. The van der Waals surface area contributed by atoms with Gasteiger partial charge in [0.2, 0.25) is 10.0 Å². The minimum absolute atomic E-state index is 0.00865. The van der Waals surface area contributed by atoms with Gasteiger partial charge in [-0.1, -0.05) is 6.07 Å². The summed E-state index contributed by atoms with van der Waals surface area (Å²) in [7, 11) is -3.60. The van der Waals surface area contributed by atoms with Gasteiger partial charge in [-0.2, -0.15) is 8.78 Å². The molecule has 10 heteroatoms. The normalized spacial score (nSPS) is 12.3.